The molecule has 2 unspecified atom stereocenters. The summed E-state index contributed by atoms with van der Waals surface area (Å²) >= 11 is 0. The first-order valence-corrected chi connectivity index (χ1v) is 6.65. The molecule has 0 amide bonds. The van der Waals surface area contributed by atoms with Crippen molar-refractivity contribution in [2.75, 3.05) is 18.2 Å². The molecule has 0 spiro atoms. The van der Waals surface area contributed by atoms with E-state index in [0.717, 1.165) is 5.92 Å². The van der Waals surface area contributed by atoms with Gasteiger partial charge in [0.15, 0.2) is 5.82 Å². The summed E-state index contributed by atoms with van der Waals surface area (Å²) in [6.45, 7) is 2.26. The molecule has 0 bridgehead atoms. The molecule has 2 rings (SSSR count). The van der Waals surface area contributed by atoms with Crippen molar-refractivity contribution in [3.8, 4) is 5.88 Å². The fourth-order valence-electron chi connectivity index (χ4n) is 2.64. The van der Waals surface area contributed by atoms with Crippen LogP contribution >= 0.6 is 0 Å². The van der Waals surface area contributed by atoms with Crippen molar-refractivity contribution in [2.24, 2.45) is 5.92 Å². The fraction of sp³-hybridized carbons (Fsp3) is 0.692. The summed E-state index contributed by atoms with van der Waals surface area (Å²) in [4.78, 5) is 8.19. The predicted octanol–water partition coefficient (Wildman–Crippen LogP) is 2.45. The molecule has 1 aromatic heterocycles. The van der Waals surface area contributed by atoms with Crippen LogP contribution in [0.15, 0.2) is 6.33 Å². The Balaban J connectivity index is 2.04. The van der Waals surface area contributed by atoms with Crippen molar-refractivity contribution in [1.29, 1.82) is 0 Å². The van der Waals surface area contributed by atoms with Crippen molar-refractivity contribution < 1.29 is 4.74 Å². The van der Waals surface area contributed by atoms with E-state index in [1.165, 1.54) is 38.4 Å². The summed E-state index contributed by atoms with van der Waals surface area (Å²) < 4.78 is 5.10. The maximum absolute atomic E-state index is 5.97. The first-order chi connectivity index (χ1) is 8.74. The molecule has 5 heteroatoms. The molecule has 0 aliphatic heterocycles. The molecule has 0 aromatic carbocycles. The Kier molecular flexibility index (Phi) is 4.23. The number of anilines is 2. The molecule has 1 fully saturated rings. The van der Waals surface area contributed by atoms with Gasteiger partial charge in [-0.05, 0) is 18.8 Å². The van der Waals surface area contributed by atoms with Crippen LogP contribution in [-0.2, 0) is 0 Å². The number of methoxy groups -OCH3 is 1. The molecule has 1 saturated carbocycles. The Hall–Kier alpha value is -1.52. The van der Waals surface area contributed by atoms with Crippen LogP contribution in [0.2, 0.25) is 0 Å². The highest BCUT2D eigenvalue weighted by Crippen LogP contribution is 2.31. The number of nitrogens with two attached hydrogens (primary N) is 1. The van der Waals surface area contributed by atoms with Gasteiger partial charge in [0, 0.05) is 6.04 Å². The van der Waals surface area contributed by atoms with Crippen molar-refractivity contribution in [2.45, 2.75) is 45.1 Å². The number of hydrogen-bond acceptors (Lipinski definition) is 5. The lowest BCUT2D eigenvalue weighted by atomic mass is 9.84. The monoisotopic (exact) mass is 250 g/mol. The Labute approximate surface area is 108 Å². The molecule has 3 N–H and O–H groups in total. The molecule has 0 radical (unpaired) electrons. The topological polar surface area (TPSA) is 73.1 Å². The minimum atomic E-state index is 0.440. The van der Waals surface area contributed by atoms with Gasteiger partial charge in [-0.2, -0.15) is 4.98 Å². The zero-order chi connectivity index (χ0) is 13.0. The Morgan fingerprint density at radius 1 is 1.44 bits per heavy atom. The van der Waals surface area contributed by atoms with Gasteiger partial charge in [-0.1, -0.05) is 26.2 Å². The minimum Gasteiger partial charge on any atom is -0.479 e. The Morgan fingerprint density at radius 3 is 3.00 bits per heavy atom. The normalized spacial score (nSPS) is 23.7. The van der Waals surface area contributed by atoms with E-state index in [-0.39, 0.29) is 0 Å². The molecule has 2 atom stereocenters. The van der Waals surface area contributed by atoms with E-state index >= 15 is 0 Å². The maximum atomic E-state index is 5.97. The number of aromatic nitrogens is 2. The summed E-state index contributed by atoms with van der Waals surface area (Å²) in [5, 5.41) is 3.43. The third-order valence-corrected chi connectivity index (χ3v) is 3.74. The van der Waals surface area contributed by atoms with E-state index in [1.54, 1.807) is 7.11 Å². The summed E-state index contributed by atoms with van der Waals surface area (Å²) in [5.41, 5.74) is 6.46. The standard InChI is InChI=1S/C13H22N4O/c1-3-9-5-4-6-10(7-9)17-12-11(14)13(18-2)16-8-15-12/h8-10H,3-7,14H2,1-2H3,(H,15,16,17). The molecule has 18 heavy (non-hydrogen) atoms. The second-order valence-corrected chi connectivity index (χ2v) is 4.93. The largest absolute Gasteiger partial charge is 0.479 e. The summed E-state index contributed by atoms with van der Waals surface area (Å²) in [7, 11) is 1.57. The van der Waals surface area contributed by atoms with Gasteiger partial charge >= 0.3 is 0 Å². The Bertz CT molecular complexity index is 397. The maximum Gasteiger partial charge on any atom is 0.242 e. The van der Waals surface area contributed by atoms with Gasteiger partial charge in [0.1, 0.15) is 12.0 Å². The van der Waals surface area contributed by atoms with Crippen molar-refractivity contribution in [1.82, 2.24) is 9.97 Å². The van der Waals surface area contributed by atoms with E-state index in [4.69, 9.17) is 10.5 Å². The molecule has 1 heterocycles. The van der Waals surface area contributed by atoms with Crippen LogP contribution in [0.3, 0.4) is 0 Å². The molecule has 100 valence electrons. The Morgan fingerprint density at radius 2 is 2.28 bits per heavy atom. The van der Waals surface area contributed by atoms with E-state index in [1.807, 2.05) is 0 Å². The van der Waals surface area contributed by atoms with E-state index < -0.39 is 0 Å². The van der Waals surface area contributed by atoms with Crippen LogP contribution in [0.4, 0.5) is 11.5 Å². The van der Waals surface area contributed by atoms with E-state index in [9.17, 15) is 0 Å². The fourth-order valence-corrected chi connectivity index (χ4v) is 2.64. The van der Waals surface area contributed by atoms with Crippen LogP contribution < -0.4 is 15.8 Å². The molecular weight excluding hydrogens is 228 g/mol. The number of nitrogen functional groups attached to an aromatic ring is 1. The van der Waals surface area contributed by atoms with Gasteiger partial charge in [-0.25, -0.2) is 4.98 Å². The smallest absolute Gasteiger partial charge is 0.242 e. The number of rotatable bonds is 4. The number of ether oxygens (including phenoxy) is 1. The van der Waals surface area contributed by atoms with Crippen molar-refractivity contribution in [3.63, 3.8) is 0 Å². The third kappa shape index (κ3) is 2.83. The van der Waals surface area contributed by atoms with Gasteiger partial charge < -0.3 is 15.8 Å². The average molecular weight is 250 g/mol. The zero-order valence-corrected chi connectivity index (χ0v) is 11.1. The first-order valence-electron chi connectivity index (χ1n) is 6.65. The number of nitrogens with one attached hydrogen (secondary N) is 1. The molecule has 0 saturated heterocycles. The summed E-state index contributed by atoms with van der Waals surface area (Å²) in [5.74, 6) is 1.96. The van der Waals surface area contributed by atoms with E-state index in [0.29, 0.717) is 23.4 Å². The average Bonchev–Trinajstić information content (AvgIpc) is 2.41. The second kappa shape index (κ2) is 5.89. The van der Waals surface area contributed by atoms with Crippen LogP contribution in [0.25, 0.3) is 0 Å². The van der Waals surface area contributed by atoms with Crippen LogP contribution in [-0.4, -0.2) is 23.1 Å². The highest BCUT2D eigenvalue weighted by Gasteiger charge is 2.22. The molecule has 1 aliphatic carbocycles. The highest BCUT2D eigenvalue weighted by atomic mass is 16.5. The van der Waals surface area contributed by atoms with Gasteiger partial charge in [-0.15, -0.1) is 0 Å². The number of hydrogen-bond donors (Lipinski definition) is 2. The van der Waals surface area contributed by atoms with Crippen LogP contribution in [0, 0.1) is 5.92 Å². The van der Waals surface area contributed by atoms with Crippen molar-refractivity contribution >= 4 is 11.5 Å². The quantitative estimate of drug-likeness (QED) is 0.858. The van der Waals surface area contributed by atoms with Gasteiger partial charge in [0.2, 0.25) is 5.88 Å². The summed E-state index contributed by atoms with van der Waals surface area (Å²) in [6, 6.07) is 0.464. The first kappa shape index (κ1) is 12.9. The van der Waals surface area contributed by atoms with Crippen LogP contribution in [0.5, 0.6) is 5.88 Å². The molecule has 1 aliphatic rings. The SMILES string of the molecule is CCC1CCCC(Nc2ncnc(OC)c2N)C1. The molecule has 5 nitrogen and oxygen atoms in total. The summed E-state index contributed by atoms with van der Waals surface area (Å²) in [6.07, 6.45) is 7.73. The lowest BCUT2D eigenvalue weighted by Gasteiger charge is -2.29. The highest BCUT2D eigenvalue weighted by molar-refractivity contribution is 5.66. The second-order valence-electron chi connectivity index (χ2n) is 4.93. The lowest BCUT2D eigenvalue weighted by molar-refractivity contribution is 0.327. The van der Waals surface area contributed by atoms with Gasteiger partial charge in [0.25, 0.3) is 0 Å². The third-order valence-electron chi connectivity index (χ3n) is 3.74. The van der Waals surface area contributed by atoms with Crippen LogP contribution in [0.1, 0.15) is 39.0 Å². The lowest BCUT2D eigenvalue weighted by Crippen LogP contribution is -2.28. The van der Waals surface area contributed by atoms with Crippen molar-refractivity contribution in [3.05, 3.63) is 6.33 Å². The van der Waals surface area contributed by atoms with Gasteiger partial charge in [0.05, 0.1) is 7.11 Å². The van der Waals surface area contributed by atoms with E-state index in [2.05, 4.69) is 22.2 Å². The molecule has 1 aromatic rings. The number of nitrogens with zero attached hydrogens (tertiary/aromatic N) is 2. The van der Waals surface area contributed by atoms with Gasteiger partial charge in [-0.3, -0.25) is 0 Å². The molecular formula is C13H22N4O. The predicted molar refractivity (Wildman–Crippen MR) is 72.7 cm³/mol. The zero-order valence-electron chi connectivity index (χ0n) is 11.1. The minimum absolute atomic E-state index is 0.440.